The van der Waals surface area contributed by atoms with Gasteiger partial charge in [-0.15, -0.1) is 24.0 Å². The highest BCUT2D eigenvalue weighted by Gasteiger charge is 2.27. The Hall–Kier alpha value is -1.51. The summed E-state index contributed by atoms with van der Waals surface area (Å²) in [4.78, 5) is 18.9. The number of hydrogen-bond acceptors (Lipinski definition) is 4. The Morgan fingerprint density at radius 2 is 1.96 bits per heavy atom. The van der Waals surface area contributed by atoms with Gasteiger partial charge in [0.25, 0.3) is 0 Å². The van der Waals surface area contributed by atoms with E-state index in [1.54, 1.807) is 0 Å². The van der Waals surface area contributed by atoms with Gasteiger partial charge in [0.2, 0.25) is 0 Å². The number of hydrogen-bond donors (Lipinski definition) is 1. The van der Waals surface area contributed by atoms with Gasteiger partial charge in [0, 0.05) is 19.6 Å². The maximum Gasteiger partial charge on any atom is 0.309 e. The summed E-state index contributed by atoms with van der Waals surface area (Å²) in [6.07, 6.45) is 1.62. The minimum absolute atomic E-state index is 0. The van der Waals surface area contributed by atoms with Crippen LogP contribution in [0.4, 0.5) is 0 Å². The summed E-state index contributed by atoms with van der Waals surface area (Å²) in [5.74, 6) is 1.72. The summed E-state index contributed by atoms with van der Waals surface area (Å²) in [7, 11) is 0. The van der Waals surface area contributed by atoms with Gasteiger partial charge in [0.15, 0.2) is 5.96 Å². The minimum atomic E-state index is -0.0678. The number of guanidine groups is 1. The molecule has 1 N–H and O–H groups in total. The molecule has 0 radical (unpaired) electrons. The lowest BCUT2D eigenvalue weighted by atomic mass is 9.97. The monoisotopic (exact) mass is 489 g/mol. The van der Waals surface area contributed by atoms with E-state index in [0.29, 0.717) is 19.8 Å². The first-order valence-electron chi connectivity index (χ1n) is 9.59. The number of rotatable bonds is 7. The molecule has 1 aromatic rings. The Balaban J connectivity index is 0.00000364. The van der Waals surface area contributed by atoms with Gasteiger partial charge in [0.1, 0.15) is 5.75 Å². The first-order valence-corrected chi connectivity index (χ1v) is 9.59. The predicted octanol–water partition coefficient (Wildman–Crippen LogP) is 3.44. The Morgan fingerprint density at radius 3 is 2.59 bits per heavy atom. The van der Waals surface area contributed by atoms with Crippen LogP contribution in [0.15, 0.2) is 29.3 Å². The summed E-state index contributed by atoms with van der Waals surface area (Å²) in [5.41, 5.74) is 1.12. The largest absolute Gasteiger partial charge is 0.494 e. The third-order valence-corrected chi connectivity index (χ3v) is 4.37. The molecule has 0 spiro atoms. The van der Waals surface area contributed by atoms with Crippen LogP contribution in [0, 0.1) is 5.92 Å². The SMILES string of the molecule is CCNC(=NCc1cccc(OCC)c1)N1CCC(C(=O)OCC)CC1.I. The number of piperidine rings is 1. The highest BCUT2D eigenvalue weighted by atomic mass is 127. The van der Waals surface area contributed by atoms with Crippen molar-refractivity contribution in [1.29, 1.82) is 0 Å². The fraction of sp³-hybridized carbons (Fsp3) is 0.600. The molecule has 27 heavy (non-hydrogen) atoms. The maximum atomic E-state index is 11.9. The molecule has 1 heterocycles. The average Bonchev–Trinajstić information content (AvgIpc) is 2.66. The second-order valence-corrected chi connectivity index (χ2v) is 6.26. The number of nitrogens with one attached hydrogen (secondary N) is 1. The predicted molar refractivity (Wildman–Crippen MR) is 119 cm³/mol. The number of aliphatic imine (C=N–C) groups is 1. The van der Waals surface area contributed by atoms with E-state index in [0.717, 1.165) is 49.7 Å². The zero-order valence-corrected chi connectivity index (χ0v) is 18.9. The van der Waals surface area contributed by atoms with Gasteiger partial charge in [-0.25, -0.2) is 4.99 Å². The third kappa shape index (κ3) is 7.56. The smallest absolute Gasteiger partial charge is 0.309 e. The van der Waals surface area contributed by atoms with Gasteiger partial charge >= 0.3 is 5.97 Å². The van der Waals surface area contributed by atoms with Gasteiger partial charge in [-0.2, -0.15) is 0 Å². The third-order valence-electron chi connectivity index (χ3n) is 4.37. The van der Waals surface area contributed by atoms with E-state index in [9.17, 15) is 4.79 Å². The van der Waals surface area contributed by atoms with Crippen molar-refractivity contribution in [3.63, 3.8) is 0 Å². The number of halogens is 1. The van der Waals surface area contributed by atoms with Crippen LogP contribution in [0.2, 0.25) is 0 Å². The highest BCUT2D eigenvalue weighted by molar-refractivity contribution is 14.0. The zero-order chi connectivity index (χ0) is 18.8. The van der Waals surface area contributed by atoms with E-state index in [4.69, 9.17) is 14.5 Å². The molecular weight excluding hydrogens is 457 g/mol. The number of nitrogens with zero attached hydrogens (tertiary/aromatic N) is 2. The van der Waals surface area contributed by atoms with Gasteiger partial charge < -0.3 is 19.7 Å². The number of esters is 1. The van der Waals surface area contributed by atoms with Crippen molar-refractivity contribution in [2.75, 3.05) is 32.8 Å². The van der Waals surface area contributed by atoms with Gasteiger partial charge in [-0.05, 0) is 51.3 Å². The molecule has 152 valence electrons. The quantitative estimate of drug-likeness (QED) is 0.275. The maximum absolute atomic E-state index is 11.9. The van der Waals surface area contributed by atoms with Crippen molar-refractivity contribution < 1.29 is 14.3 Å². The standard InChI is InChI=1S/C20H31N3O3.HI/c1-4-21-20(22-15-16-8-7-9-18(14-16)25-5-2)23-12-10-17(11-13-23)19(24)26-6-3;/h7-9,14,17H,4-6,10-13,15H2,1-3H3,(H,21,22);1H. The number of benzene rings is 1. The Labute approximate surface area is 179 Å². The molecule has 2 rings (SSSR count). The lowest BCUT2D eigenvalue weighted by Gasteiger charge is -2.33. The van der Waals surface area contributed by atoms with Gasteiger partial charge in [-0.3, -0.25) is 4.79 Å². The Bertz CT molecular complexity index is 602. The van der Waals surface area contributed by atoms with E-state index in [2.05, 4.69) is 23.2 Å². The first-order chi connectivity index (χ1) is 12.7. The van der Waals surface area contributed by atoms with Crippen LogP contribution in [-0.4, -0.2) is 49.7 Å². The fourth-order valence-electron chi connectivity index (χ4n) is 3.08. The number of carbonyl (C=O) groups is 1. The molecule has 1 aromatic carbocycles. The van der Waals surface area contributed by atoms with Crippen LogP contribution in [-0.2, 0) is 16.1 Å². The van der Waals surface area contributed by atoms with Crippen molar-refractivity contribution in [3.8, 4) is 5.75 Å². The van der Waals surface area contributed by atoms with Crippen molar-refractivity contribution in [1.82, 2.24) is 10.2 Å². The molecule has 0 aliphatic carbocycles. The first kappa shape index (κ1) is 23.5. The number of likely N-dealkylation sites (tertiary alicyclic amines) is 1. The Morgan fingerprint density at radius 1 is 1.22 bits per heavy atom. The molecule has 7 heteroatoms. The zero-order valence-electron chi connectivity index (χ0n) is 16.6. The van der Waals surface area contributed by atoms with E-state index in [1.807, 2.05) is 32.0 Å². The van der Waals surface area contributed by atoms with E-state index >= 15 is 0 Å². The molecule has 0 aromatic heterocycles. The molecule has 6 nitrogen and oxygen atoms in total. The summed E-state index contributed by atoms with van der Waals surface area (Å²) in [6, 6.07) is 8.04. The van der Waals surface area contributed by atoms with Crippen LogP contribution in [0.1, 0.15) is 39.2 Å². The molecule has 0 unspecified atom stereocenters. The fourth-order valence-corrected chi connectivity index (χ4v) is 3.08. The topological polar surface area (TPSA) is 63.2 Å². The molecule has 0 amide bonds. The van der Waals surface area contributed by atoms with Crippen LogP contribution >= 0.6 is 24.0 Å². The lowest BCUT2D eigenvalue weighted by molar-refractivity contribution is -0.149. The average molecular weight is 489 g/mol. The van der Waals surface area contributed by atoms with Crippen LogP contribution in [0.3, 0.4) is 0 Å². The van der Waals surface area contributed by atoms with Crippen molar-refractivity contribution >= 4 is 35.9 Å². The summed E-state index contributed by atoms with van der Waals surface area (Å²) in [6.45, 7) is 10.0. The molecule has 1 saturated heterocycles. The van der Waals surface area contributed by atoms with Crippen molar-refractivity contribution in [2.45, 2.75) is 40.2 Å². The van der Waals surface area contributed by atoms with Gasteiger partial charge in [-0.1, -0.05) is 12.1 Å². The van der Waals surface area contributed by atoms with Crippen molar-refractivity contribution in [3.05, 3.63) is 29.8 Å². The molecule has 1 fully saturated rings. The number of carbonyl (C=O) groups excluding carboxylic acids is 1. The second-order valence-electron chi connectivity index (χ2n) is 6.26. The molecule has 0 atom stereocenters. The van der Waals surface area contributed by atoms with Crippen LogP contribution in [0.5, 0.6) is 5.75 Å². The Kier molecular flexibility index (Phi) is 11.2. The van der Waals surface area contributed by atoms with E-state index < -0.39 is 0 Å². The van der Waals surface area contributed by atoms with E-state index in [1.165, 1.54) is 0 Å². The lowest BCUT2D eigenvalue weighted by Crippen LogP contribution is -2.46. The second kappa shape index (κ2) is 12.8. The molecule has 0 bridgehead atoms. The molecule has 1 aliphatic heterocycles. The summed E-state index contributed by atoms with van der Waals surface area (Å²) in [5, 5.41) is 3.36. The summed E-state index contributed by atoms with van der Waals surface area (Å²) >= 11 is 0. The minimum Gasteiger partial charge on any atom is -0.494 e. The number of ether oxygens (including phenoxy) is 2. The van der Waals surface area contributed by atoms with Crippen molar-refractivity contribution in [2.24, 2.45) is 10.9 Å². The molecule has 1 aliphatic rings. The molecular formula is C20H32IN3O3. The summed E-state index contributed by atoms with van der Waals surface area (Å²) < 4.78 is 10.7. The van der Waals surface area contributed by atoms with E-state index in [-0.39, 0.29) is 35.9 Å². The van der Waals surface area contributed by atoms with Crippen LogP contribution in [0.25, 0.3) is 0 Å². The molecule has 0 saturated carbocycles. The van der Waals surface area contributed by atoms with Crippen LogP contribution < -0.4 is 10.1 Å². The van der Waals surface area contributed by atoms with Gasteiger partial charge in [0.05, 0.1) is 25.7 Å². The highest BCUT2D eigenvalue weighted by Crippen LogP contribution is 2.19. The normalized spacial score (nSPS) is 15.1.